The van der Waals surface area contributed by atoms with Crippen molar-refractivity contribution in [3.63, 3.8) is 0 Å². The van der Waals surface area contributed by atoms with E-state index in [0.29, 0.717) is 0 Å². The maximum atomic E-state index is 5.93. The maximum absolute atomic E-state index is 5.93. The summed E-state index contributed by atoms with van der Waals surface area (Å²) in [5.74, 6) is 1.04. The van der Waals surface area contributed by atoms with Gasteiger partial charge in [0.1, 0.15) is 5.75 Å². The zero-order valence-electron chi connectivity index (χ0n) is 11.0. The number of fused-ring (bicyclic) bond motifs is 1. The Morgan fingerprint density at radius 2 is 2.10 bits per heavy atom. The molecule has 4 heteroatoms. The molecule has 0 saturated heterocycles. The summed E-state index contributed by atoms with van der Waals surface area (Å²) in [5, 5.41) is 4.16. The third-order valence-electron chi connectivity index (χ3n) is 3.41. The Hall–Kier alpha value is -1.19. The SMILES string of the molecule is Clc1ccc(NCCc2ccc3c(c2)CCO3)c(Br)c1. The molecule has 0 saturated carbocycles. The van der Waals surface area contributed by atoms with Crippen LogP contribution in [-0.2, 0) is 12.8 Å². The zero-order valence-corrected chi connectivity index (χ0v) is 13.3. The summed E-state index contributed by atoms with van der Waals surface area (Å²) in [5.41, 5.74) is 3.74. The van der Waals surface area contributed by atoms with Crippen LogP contribution in [-0.4, -0.2) is 13.2 Å². The van der Waals surface area contributed by atoms with Gasteiger partial charge in [-0.25, -0.2) is 0 Å². The van der Waals surface area contributed by atoms with Crippen LogP contribution in [0.4, 0.5) is 5.69 Å². The lowest BCUT2D eigenvalue weighted by Gasteiger charge is -2.09. The second-order valence-electron chi connectivity index (χ2n) is 4.84. The largest absolute Gasteiger partial charge is 0.493 e. The minimum Gasteiger partial charge on any atom is -0.493 e. The Labute approximate surface area is 132 Å². The molecule has 3 rings (SSSR count). The smallest absolute Gasteiger partial charge is 0.122 e. The third-order valence-corrected chi connectivity index (χ3v) is 4.31. The molecule has 2 aromatic rings. The van der Waals surface area contributed by atoms with Crippen LogP contribution in [0, 0.1) is 0 Å². The van der Waals surface area contributed by atoms with Gasteiger partial charge in [-0.2, -0.15) is 0 Å². The molecule has 0 unspecified atom stereocenters. The normalized spacial score (nSPS) is 12.9. The molecule has 20 heavy (non-hydrogen) atoms. The number of benzene rings is 2. The van der Waals surface area contributed by atoms with E-state index >= 15 is 0 Å². The number of rotatable bonds is 4. The molecule has 2 nitrogen and oxygen atoms in total. The molecule has 1 N–H and O–H groups in total. The van der Waals surface area contributed by atoms with Crippen molar-refractivity contribution in [1.29, 1.82) is 0 Å². The van der Waals surface area contributed by atoms with Crippen molar-refractivity contribution in [3.05, 3.63) is 57.0 Å². The Bertz CT molecular complexity index is 630. The average molecular weight is 353 g/mol. The van der Waals surface area contributed by atoms with Gasteiger partial charge in [0.2, 0.25) is 0 Å². The highest BCUT2D eigenvalue weighted by molar-refractivity contribution is 9.10. The van der Waals surface area contributed by atoms with Crippen LogP contribution in [0.3, 0.4) is 0 Å². The van der Waals surface area contributed by atoms with Crippen LogP contribution < -0.4 is 10.1 Å². The molecule has 2 aromatic carbocycles. The molecule has 0 radical (unpaired) electrons. The Kier molecular flexibility index (Phi) is 4.18. The van der Waals surface area contributed by atoms with Crippen molar-refractivity contribution in [2.75, 3.05) is 18.5 Å². The van der Waals surface area contributed by atoms with Gasteiger partial charge in [0.15, 0.2) is 0 Å². The van der Waals surface area contributed by atoms with Gasteiger partial charge in [-0.15, -0.1) is 0 Å². The van der Waals surface area contributed by atoms with E-state index in [1.807, 2.05) is 18.2 Å². The van der Waals surface area contributed by atoms with E-state index in [1.165, 1.54) is 11.1 Å². The Morgan fingerprint density at radius 3 is 2.95 bits per heavy atom. The molecule has 0 aliphatic carbocycles. The van der Waals surface area contributed by atoms with E-state index in [4.69, 9.17) is 16.3 Å². The fourth-order valence-electron chi connectivity index (χ4n) is 2.37. The Morgan fingerprint density at radius 1 is 1.20 bits per heavy atom. The van der Waals surface area contributed by atoms with Gasteiger partial charge in [-0.05, 0) is 57.7 Å². The number of hydrogen-bond donors (Lipinski definition) is 1. The van der Waals surface area contributed by atoms with Gasteiger partial charge < -0.3 is 10.1 Å². The zero-order chi connectivity index (χ0) is 13.9. The van der Waals surface area contributed by atoms with E-state index in [-0.39, 0.29) is 0 Å². The minimum atomic E-state index is 0.737. The molecule has 1 aliphatic rings. The summed E-state index contributed by atoms with van der Waals surface area (Å²) in [6, 6.07) is 12.3. The molecular weight excluding hydrogens is 338 g/mol. The lowest BCUT2D eigenvalue weighted by molar-refractivity contribution is 0.357. The van der Waals surface area contributed by atoms with Crippen LogP contribution in [0.5, 0.6) is 5.75 Å². The van der Waals surface area contributed by atoms with Crippen LogP contribution in [0.2, 0.25) is 5.02 Å². The summed E-state index contributed by atoms with van der Waals surface area (Å²) in [6.45, 7) is 1.70. The predicted molar refractivity (Wildman–Crippen MR) is 87.0 cm³/mol. The van der Waals surface area contributed by atoms with E-state index in [9.17, 15) is 0 Å². The first-order valence-corrected chi connectivity index (χ1v) is 7.83. The topological polar surface area (TPSA) is 21.3 Å². The summed E-state index contributed by atoms with van der Waals surface area (Å²) < 4.78 is 6.51. The van der Waals surface area contributed by atoms with Crippen LogP contribution >= 0.6 is 27.5 Å². The monoisotopic (exact) mass is 351 g/mol. The molecule has 0 spiro atoms. The highest BCUT2D eigenvalue weighted by Gasteiger charge is 2.11. The van der Waals surface area contributed by atoms with Crippen molar-refractivity contribution in [1.82, 2.24) is 0 Å². The average Bonchev–Trinajstić information content (AvgIpc) is 2.89. The van der Waals surface area contributed by atoms with Gasteiger partial charge in [0.25, 0.3) is 0 Å². The second kappa shape index (κ2) is 6.06. The molecule has 0 fully saturated rings. The number of anilines is 1. The van der Waals surface area contributed by atoms with Crippen molar-refractivity contribution < 1.29 is 4.74 Å². The maximum Gasteiger partial charge on any atom is 0.122 e. The standard InChI is InChI=1S/C16H15BrClNO/c17-14-10-13(18)2-3-15(14)19-7-5-11-1-4-16-12(9-11)6-8-20-16/h1-4,9-10,19H,5-8H2. The Balaban J connectivity index is 1.60. The lowest BCUT2D eigenvalue weighted by Crippen LogP contribution is -2.05. The predicted octanol–water partition coefficient (Wildman–Crippen LogP) is 4.69. The highest BCUT2D eigenvalue weighted by Crippen LogP contribution is 2.27. The van der Waals surface area contributed by atoms with Crippen molar-refractivity contribution >= 4 is 33.2 Å². The number of hydrogen-bond acceptors (Lipinski definition) is 2. The third kappa shape index (κ3) is 3.10. The quantitative estimate of drug-likeness (QED) is 0.862. The molecule has 104 valence electrons. The van der Waals surface area contributed by atoms with E-state index < -0.39 is 0 Å². The van der Waals surface area contributed by atoms with E-state index in [0.717, 1.165) is 46.9 Å². The number of nitrogens with one attached hydrogen (secondary N) is 1. The summed E-state index contributed by atoms with van der Waals surface area (Å²) in [6.07, 6.45) is 2.02. The summed E-state index contributed by atoms with van der Waals surface area (Å²) >= 11 is 9.44. The molecule has 0 amide bonds. The van der Waals surface area contributed by atoms with Crippen LogP contribution in [0.15, 0.2) is 40.9 Å². The fraction of sp³-hybridized carbons (Fsp3) is 0.250. The lowest BCUT2D eigenvalue weighted by atomic mass is 10.1. The van der Waals surface area contributed by atoms with E-state index in [2.05, 4.69) is 39.4 Å². The van der Waals surface area contributed by atoms with Gasteiger partial charge >= 0.3 is 0 Å². The summed E-state index contributed by atoms with van der Waals surface area (Å²) in [4.78, 5) is 0. The molecule has 1 heterocycles. The van der Waals surface area contributed by atoms with Crippen molar-refractivity contribution in [3.8, 4) is 5.75 Å². The summed E-state index contributed by atoms with van der Waals surface area (Å²) in [7, 11) is 0. The fourth-order valence-corrected chi connectivity index (χ4v) is 3.19. The van der Waals surface area contributed by atoms with Crippen LogP contribution in [0.1, 0.15) is 11.1 Å². The molecule has 1 aliphatic heterocycles. The van der Waals surface area contributed by atoms with Gasteiger partial charge in [-0.3, -0.25) is 0 Å². The first-order valence-electron chi connectivity index (χ1n) is 6.66. The first-order chi connectivity index (χ1) is 9.72. The van der Waals surface area contributed by atoms with E-state index in [1.54, 1.807) is 0 Å². The number of halogens is 2. The van der Waals surface area contributed by atoms with Gasteiger partial charge in [-0.1, -0.05) is 23.7 Å². The molecular formula is C16H15BrClNO. The van der Waals surface area contributed by atoms with Crippen molar-refractivity contribution in [2.24, 2.45) is 0 Å². The highest BCUT2D eigenvalue weighted by atomic mass is 79.9. The minimum absolute atomic E-state index is 0.737. The molecule has 0 atom stereocenters. The van der Waals surface area contributed by atoms with Crippen LogP contribution in [0.25, 0.3) is 0 Å². The van der Waals surface area contributed by atoms with Gasteiger partial charge in [0, 0.05) is 28.1 Å². The second-order valence-corrected chi connectivity index (χ2v) is 6.13. The first kappa shape index (κ1) is 13.8. The number of ether oxygens (including phenoxy) is 1. The molecule has 0 aromatic heterocycles. The molecule has 0 bridgehead atoms. The van der Waals surface area contributed by atoms with Crippen molar-refractivity contribution in [2.45, 2.75) is 12.8 Å². The van der Waals surface area contributed by atoms with Gasteiger partial charge in [0.05, 0.1) is 6.61 Å².